The molecule has 1 aromatic carbocycles. The van der Waals surface area contributed by atoms with Crippen molar-refractivity contribution in [2.24, 2.45) is 0 Å². The summed E-state index contributed by atoms with van der Waals surface area (Å²) in [5, 5.41) is 0.983. The summed E-state index contributed by atoms with van der Waals surface area (Å²) in [5.41, 5.74) is 0.643. The van der Waals surface area contributed by atoms with E-state index in [1.165, 1.54) is 0 Å². The lowest BCUT2D eigenvalue weighted by Gasteiger charge is -2.36. The Morgan fingerprint density at radius 1 is 1.50 bits per heavy atom. The van der Waals surface area contributed by atoms with Crippen molar-refractivity contribution in [3.8, 4) is 0 Å². The first-order valence-electron chi connectivity index (χ1n) is 5.96. The Bertz CT molecular complexity index is 418. The zero-order chi connectivity index (χ0) is 13.1. The molecule has 5 heteroatoms. The molecule has 1 aliphatic heterocycles. The molecule has 0 N–H and O–H groups in total. The standard InChI is InChI=1S/C13H16BrClFNO/c1-9-6-17(8-11(5-14)18-9)7-10-3-2-4-12(15)13(10)16/h2-4,9,11H,5-8H2,1H3. The molecule has 0 aromatic heterocycles. The number of nitrogens with zero attached hydrogens (tertiary/aromatic N) is 1. The van der Waals surface area contributed by atoms with Crippen LogP contribution in [0.3, 0.4) is 0 Å². The predicted molar refractivity (Wildman–Crippen MR) is 74.8 cm³/mol. The predicted octanol–water partition coefficient (Wildman–Crippen LogP) is 3.46. The van der Waals surface area contributed by atoms with Crippen molar-refractivity contribution in [1.82, 2.24) is 4.90 Å². The van der Waals surface area contributed by atoms with Crippen LogP contribution in [0.5, 0.6) is 0 Å². The molecule has 1 saturated heterocycles. The average molecular weight is 337 g/mol. The Morgan fingerprint density at radius 3 is 3.00 bits per heavy atom. The molecule has 18 heavy (non-hydrogen) atoms. The van der Waals surface area contributed by atoms with Crippen LogP contribution in [0.15, 0.2) is 18.2 Å². The number of hydrogen-bond acceptors (Lipinski definition) is 2. The van der Waals surface area contributed by atoms with E-state index in [2.05, 4.69) is 20.8 Å². The van der Waals surface area contributed by atoms with Crippen molar-refractivity contribution in [2.45, 2.75) is 25.7 Å². The van der Waals surface area contributed by atoms with Crippen LogP contribution in [0.2, 0.25) is 5.02 Å². The molecule has 1 fully saturated rings. The summed E-state index contributed by atoms with van der Waals surface area (Å²) in [6.45, 7) is 4.23. The number of halogens is 3. The molecule has 1 aromatic rings. The zero-order valence-corrected chi connectivity index (χ0v) is 12.5. The highest BCUT2D eigenvalue weighted by Crippen LogP contribution is 2.21. The molecular weight excluding hydrogens is 321 g/mol. The summed E-state index contributed by atoms with van der Waals surface area (Å²) < 4.78 is 19.6. The van der Waals surface area contributed by atoms with Gasteiger partial charge in [-0.3, -0.25) is 4.90 Å². The third kappa shape index (κ3) is 3.44. The highest BCUT2D eigenvalue weighted by molar-refractivity contribution is 9.09. The van der Waals surface area contributed by atoms with Gasteiger partial charge in [-0.1, -0.05) is 39.7 Å². The Hall–Kier alpha value is -0.160. The van der Waals surface area contributed by atoms with E-state index in [0.717, 1.165) is 18.4 Å². The number of alkyl halides is 1. The third-order valence-electron chi connectivity index (χ3n) is 3.00. The van der Waals surface area contributed by atoms with E-state index >= 15 is 0 Å². The van der Waals surface area contributed by atoms with E-state index in [1.807, 2.05) is 6.92 Å². The minimum absolute atomic E-state index is 0.163. The van der Waals surface area contributed by atoms with Gasteiger partial charge in [0.2, 0.25) is 0 Å². The lowest BCUT2D eigenvalue weighted by atomic mass is 10.1. The Balaban J connectivity index is 2.06. The van der Waals surface area contributed by atoms with Crippen LogP contribution in [-0.2, 0) is 11.3 Å². The van der Waals surface area contributed by atoms with Crippen LogP contribution in [-0.4, -0.2) is 35.5 Å². The van der Waals surface area contributed by atoms with E-state index in [-0.39, 0.29) is 23.0 Å². The van der Waals surface area contributed by atoms with Gasteiger partial charge < -0.3 is 4.74 Å². The second kappa shape index (κ2) is 6.33. The van der Waals surface area contributed by atoms with E-state index in [9.17, 15) is 4.39 Å². The third-order valence-corrected chi connectivity index (χ3v) is 4.01. The van der Waals surface area contributed by atoms with Crippen LogP contribution in [0, 0.1) is 5.82 Å². The maximum atomic E-state index is 13.8. The van der Waals surface area contributed by atoms with E-state index < -0.39 is 0 Å². The SMILES string of the molecule is CC1CN(Cc2cccc(Cl)c2F)CC(CBr)O1. The summed E-state index contributed by atoms with van der Waals surface area (Å²) in [6, 6.07) is 5.14. The van der Waals surface area contributed by atoms with Gasteiger partial charge in [0.1, 0.15) is 5.82 Å². The summed E-state index contributed by atoms with van der Waals surface area (Å²) >= 11 is 9.22. The molecule has 0 spiro atoms. The molecule has 2 atom stereocenters. The van der Waals surface area contributed by atoms with Crippen molar-refractivity contribution >= 4 is 27.5 Å². The number of benzene rings is 1. The Morgan fingerprint density at radius 2 is 2.28 bits per heavy atom. The minimum atomic E-state index is -0.311. The first-order valence-corrected chi connectivity index (χ1v) is 7.46. The second-order valence-electron chi connectivity index (χ2n) is 4.63. The fourth-order valence-electron chi connectivity index (χ4n) is 2.27. The quantitative estimate of drug-likeness (QED) is 0.784. The van der Waals surface area contributed by atoms with Crippen LogP contribution < -0.4 is 0 Å². The largest absolute Gasteiger partial charge is 0.372 e. The summed E-state index contributed by atoms with van der Waals surface area (Å²) in [7, 11) is 0. The van der Waals surface area contributed by atoms with Gasteiger partial charge in [0.25, 0.3) is 0 Å². The molecule has 2 nitrogen and oxygen atoms in total. The van der Waals surface area contributed by atoms with Crippen molar-refractivity contribution in [3.05, 3.63) is 34.6 Å². The van der Waals surface area contributed by atoms with Crippen molar-refractivity contribution in [2.75, 3.05) is 18.4 Å². The first-order chi connectivity index (χ1) is 8.60. The van der Waals surface area contributed by atoms with Gasteiger partial charge >= 0.3 is 0 Å². The molecule has 0 aliphatic carbocycles. The summed E-state index contributed by atoms with van der Waals surface area (Å²) in [6.07, 6.45) is 0.333. The van der Waals surface area contributed by atoms with Crippen molar-refractivity contribution in [1.29, 1.82) is 0 Å². The van der Waals surface area contributed by atoms with E-state index in [4.69, 9.17) is 16.3 Å². The fraction of sp³-hybridized carbons (Fsp3) is 0.538. The summed E-state index contributed by atoms with van der Waals surface area (Å²) in [4.78, 5) is 2.20. The van der Waals surface area contributed by atoms with Crippen molar-refractivity contribution < 1.29 is 9.13 Å². The van der Waals surface area contributed by atoms with Gasteiger partial charge in [0, 0.05) is 30.5 Å². The minimum Gasteiger partial charge on any atom is -0.372 e. The molecule has 100 valence electrons. The molecule has 0 bridgehead atoms. The van der Waals surface area contributed by atoms with Gasteiger partial charge in [-0.25, -0.2) is 4.39 Å². The second-order valence-corrected chi connectivity index (χ2v) is 5.68. The zero-order valence-electron chi connectivity index (χ0n) is 10.2. The van der Waals surface area contributed by atoms with E-state index in [1.54, 1.807) is 18.2 Å². The molecule has 1 heterocycles. The highest BCUT2D eigenvalue weighted by atomic mass is 79.9. The maximum Gasteiger partial charge on any atom is 0.146 e. The smallest absolute Gasteiger partial charge is 0.146 e. The molecule has 0 radical (unpaired) electrons. The molecule has 2 unspecified atom stereocenters. The Kier molecular flexibility index (Phi) is 5.01. The first kappa shape index (κ1) is 14.3. The van der Waals surface area contributed by atoms with Gasteiger partial charge in [-0.05, 0) is 13.0 Å². The number of rotatable bonds is 3. The van der Waals surface area contributed by atoms with E-state index in [0.29, 0.717) is 12.1 Å². The lowest BCUT2D eigenvalue weighted by Crippen LogP contribution is -2.46. The molecule has 0 saturated carbocycles. The summed E-state index contributed by atoms with van der Waals surface area (Å²) in [5.74, 6) is -0.311. The number of morpholine rings is 1. The van der Waals surface area contributed by atoms with Gasteiger partial charge in [0.05, 0.1) is 17.2 Å². The van der Waals surface area contributed by atoms with Crippen LogP contribution in [0.1, 0.15) is 12.5 Å². The van der Waals surface area contributed by atoms with Gasteiger partial charge in [-0.2, -0.15) is 0 Å². The van der Waals surface area contributed by atoms with Crippen LogP contribution >= 0.6 is 27.5 Å². The molecule has 1 aliphatic rings. The lowest BCUT2D eigenvalue weighted by molar-refractivity contribution is -0.0680. The molecule has 2 rings (SSSR count). The van der Waals surface area contributed by atoms with Crippen molar-refractivity contribution in [3.63, 3.8) is 0 Å². The normalized spacial score (nSPS) is 25.3. The average Bonchev–Trinajstić information content (AvgIpc) is 2.34. The Labute approximate surface area is 120 Å². The molecular formula is C13H16BrClFNO. The van der Waals surface area contributed by atoms with Crippen LogP contribution in [0.25, 0.3) is 0 Å². The molecule has 0 amide bonds. The fourth-order valence-corrected chi connectivity index (χ4v) is 2.82. The van der Waals surface area contributed by atoms with Crippen LogP contribution in [0.4, 0.5) is 4.39 Å². The maximum absolute atomic E-state index is 13.8. The topological polar surface area (TPSA) is 12.5 Å². The number of hydrogen-bond donors (Lipinski definition) is 0. The highest BCUT2D eigenvalue weighted by Gasteiger charge is 2.25. The monoisotopic (exact) mass is 335 g/mol. The van der Waals surface area contributed by atoms with Gasteiger partial charge in [-0.15, -0.1) is 0 Å². The number of ether oxygens (including phenoxy) is 1. The van der Waals surface area contributed by atoms with Gasteiger partial charge in [0.15, 0.2) is 0 Å².